The topological polar surface area (TPSA) is 105 Å². The molecule has 2 aliphatic heterocycles. The third-order valence-electron chi connectivity index (χ3n) is 5.06. The van der Waals surface area contributed by atoms with Gasteiger partial charge in [-0.05, 0) is 52.9 Å². The summed E-state index contributed by atoms with van der Waals surface area (Å²) in [4.78, 5) is 39.6. The van der Waals surface area contributed by atoms with Gasteiger partial charge in [0.1, 0.15) is 17.5 Å². The second-order valence-electron chi connectivity index (χ2n) is 7.15. The Labute approximate surface area is 200 Å². The number of alkyl halides is 2. The van der Waals surface area contributed by atoms with Crippen LogP contribution in [-0.2, 0) is 14.3 Å². The molecule has 0 spiro atoms. The number of hydrogen-bond donors (Lipinski definition) is 2. The third kappa shape index (κ3) is 4.99. The molecule has 0 radical (unpaired) electrons. The molecule has 2 aliphatic rings. The number of carbonyl (C=O) groups is 3. The lowest BCUT2D eigenvalue weighted by atomic mass is 10.2. The first kappa shape index (κ1) is 22.8. The highest BCUT2D eigenvalue weighted by Crippen LogP contribution is 2.46. The first-order chi connectivity index (χ1) is 15.3. The number of fused-ring (bicyclic) bond motifs is 2. The van der Waals surface area contributed by atoms with Crippen LogP contribution in [0.15, 0.2) is 52.3 Å². The van der Waals surface area contributed by atoms with Crippen LogP contribution in [0, 0.1) is 0 Å². The summed E-state index contributed by atoms with van der Waals surface area (Å²) in [5.74, 6) is -1.05. The van der Waals surface area contributed by atoms with Crippen LogP contribution in [0.25, 0.3) is 0 Å². The van der Waals surface area contributed by atoms with Gasteiger partial charge in [-0.25, -0.2) is 9.18 Å². The standard InChI is InChI=1S/C21H18FIN2O6S/c22-21(23)30-12-8-13(20(28)29)25(10-12)18(26)9-24-19(27)11-5-6-17-15(7-11)31-14-3-1-2-4-16(14)32-17/h1-7,12-13,21H,8-10H2,(H,24,27)(H,28,29)/t12?,13-,21?/m0/s1. The van der Waals surface area contributed by atoms with Gasteiger partial charge >= 0.3 is 5.97 Å². The third-order valence-corrected chi connectivity index (χ3v) is 6.47. The summed E-state index contributed by atoms with van der Waals surface area (Å²) < 4.78 is 22.4. The zero-order valence-electron chi connectivity index (χ0n) is 16.5. The van der Waals surface area contributed by atoms with E-state index in [1.807, 2.05) is 24.3 Å². The number of carboxylic acid groups (broad SMARTS) is 1. The number of halogens is 2. The minimum absolute atomic E-state index is 0.0141. The van der Waals surface area contributed by atoms with Crippen LogP contribution in [0.1, 0.15) is 16.8 Å². The van der Waals surface area contributed by atoms with E-state index in [2.05, 4.69) is 5.32 Å². The molecule has 3 atom stereocenters. The maximum Gasteiger partial charge on any atom is 0.326 e. The minimum atomic E-state index is -1.60. The lowest BCUT2D eigenvalue weighted by Crippen LogP contribution is -2.45. The van der Waals surface area contributed by atoms with E-state index in [0.29, 0.717) is 17.1 Å². The lowest BCUT2D eigenvalue weighted by molar-refractivity contribution is -0.147. The van der Waals surface area contributed by atoms with E-state index in [1.54, 1.807) is 18.2 Å². The molecule has 2 heterocycles. The van der Waals surface area contributed by atoms with Crippen molar-refractivity contribution in [2.75, 3.05) is 13.1 Å². The first-order valence-corrected chi connectivity index (χ1v) is 11.7. The van der Waals surface area contributed by atoms with Gasteiger partial charge in [-0.3, -0.25) is 9.59 Å². The number of amides is 2. The SMILES string of the molecule is O=C(NCC(=O)N1CC(OC(F)I)C[C@H]1C(=O)O)c1ccc2c(c1)Oc1ccccc1S2. The summed E-state index contributed by atoms with van der Waals surface area (Å²) in [6.07, 6.45) is -0.736. The van der Waals surface area contributed by atoms with Gasteiger partial charge in [-0.1, -0.05) is 23.9 Å². The molecule has 4 rings (SSSR count). The molecule has 1 saturated heterocycles. The van der Waals surface area contributed by atoms with Crippen LogP contribution in [0.3, 0.4) is 0 Å². The average Bonchev–Trinajstić information content (AvgIpc) is 3.19. The molecule has 11 heteroatoms. The Kier molecular flexibility index (Phi) is 6.86. The number of para-hydroxylation sites is 1. The van der Waals surface area contributed by atoms with Crippen molar-refractivity contribution in [3.05, 3.63) is 48.0 Å². The van der Waals surface area contributed by atoms with E-state index in [4.69, 9.17) is 9.47 Å². The highest BCUT2D eigenvalue weighted by atomic mass is 127. The Hall–Kier alpha value is -2.38. The highest BCUT2D eigenvalue weighted by molar-refractivity contribution is 14.1. The number of benzene rings is 2. The Bertz CT molecular complexity index is 1070. The molecule has 0 saturated carbocycles. The van der Waals surface area contributed by atoms with E-state index in [0.717, 1.165) is 14.7 Å². The lowest BCUT2D eigenvalue weighted by Gasteiger charge is -2.22. The minimum Gasteiger partial charge on any atom is -0.480 e. The summed E-state index contributed by atoms with van der Waals surface area (Å²) in [6, 6.07) is 11.4. The van der Waals surface area contributed by atoms with Crippen LogP contribution in [0.5, 0.6) is 11.5 Å². The molecule has 2 aromatic rings. The van der Waals surface area contributed by atoms with Crippen molar-refractivity contribution in [1.29, 1.82) is 0 Å². The van der Waals surface area contributed by atoms with Crippen LogP contribution in [0.2, 0.25) is 0 Å². The number of likely N-dealkylation sites (tertiary alicyclic amines) is 1. The van der Waals surface area contributed by atoms with Crippen molar-refractivity contribution in [2.45, 2.75) is 32.7 Å². The molecule has 0 aromatic heterocycles. The Morgan fingerprint density at radius 1 is 1.25 bits per heavy atom. The molecule has 2 amide bonds. The second-order valence-corrected chi connectivity index (χ2v) is 9.21. The van der Waals surface area contributed by atoms with Crippen molar-refractivity contribution >= 4 is 52.1 Å². The summed E-state index contributed by atoms with van der Waals surface area (Å²) >= 11 is 2.95. The highest BCUT2D eigenvalue weighted by Gasteiger charge is 2.40. The van der Waals surface area contributed by atoms with E-state index in [-0.39, 0.29) is 13.0 Å². The Morgan fingerprint density at radius 3 is 2.75 bits per heavy atom. The number of carbonyl (C=O) groups excluding carboxylic acids is 2. The van der Waals surface area contributed by atoms with Crippen molar-refractivity contribution in [3.63, 3.8) is 0 Å². The molecule has 1 fully saturated rings. The fraction of sp³-hybridized carbons (Fsp3) is 0.286. The molecule has 0 aliphatic carbocycles. The number of nitrogens with one attached hydrogen (secondary N) is 1. The van der Waals surface area contributed by atoms with Gasteiger partial charge in [0.05, 0.1) is 22.4 Å². The van der Waals surface area contributed by atoms with Gasteiger partial charge in [-0.2, -0.15) is 0 Å². The monoisotopic (exact) mass is 572 g/mol. The fourth-order valence-corrected chi connectivity index (χ4v) is 4.93. The van der Waals surface area contributed by atoms with Crippen molar-refractivity contribution < 1.29 is 33.4 Å². The summed E-state index contributed by atoms with van der Waals surface area (Å²) in [5.41, 5.74) is 0.305. The fourth-order valence-electron chi connectivity index (χ4n) is 3.58. The normalized spacial score (nSPS) is 20.0. The Balaban J connectivity index is 1.38. The maximum absolute atomic E-state index is 13.1. The zero-order valence-corrected chi connectivity index (χ0v) is 19.5. The van der Waals surface area contributed by atoms with E-state index in [9.17, 15) is 23.9 Å². The molecule has 2 unspecified atom stereocenters. The number of nitrogens with zero attached hydrogens (tertiary/aromatic N) is 1. The maximum atomic E-state index is 13.1. The van der Waals surface area contributed by atoms with Crippen molar-refractivity contribution in [2.24, 2.45) is 0 Å². The molecular weight excluding hydrogens is 554 g/mol. The van der Waals surface area contributed by atoms with Crippen LogP contribution < -0.4 is 10.1 Å². The predicted octanol–water partition coefficient (Wildman–Crippen LogP) is 3.43. The molecular formula is C21H18FIN2O6S. The number of aliphatic carboxylic acids is 1. The summed E-state index contributed by atoms with van der Waals surface area (Å²) in [6.45, 7) is -0.452. The first-order valence-electron chi connectivity index (χ1n) is 9.64. The van der Waals surface area contributed by atoms with Gasteiger partial charge in [0.25, 0.3) is 10.3 Å². The van der Waals surface area contributed by atoms with Crippen LogP contribution >= 0.6 is 34.4 Å². The van der Waals surface area contributed by atoms with Crippen molar-refractivity contribution in [1.82, 2.24) is 10.2 Å². The summed E-state index contributed by atoms with van der Waals surface area (Å²) in [7, 11) is 0. The van der Waals surface area contributed by atoms with Crippen LogP contribution in [0.4, 0.5) is 4.39 Å². The number of hydrogen-bond acceptors (Lipinski definition) is 6. The largest absolute Gasteiger partial charge is 0.480 e. The number of carboxylic acids is 1. The second kappa shape index (κ2) is 9.63. The van der Waals surface area contributed by atoms with Crippen LogP contribution in [-0.4, -0.2) is 57.4 Å². The van der Waals surface area contributed by atoms with Gasteiger partial charge in [0.2, 0.25) is 5.91 Å². The zero-order chi connectivity index (χ0) is 22.8. The van der Waals surface area contributed by atoms with Gasteiger partial charge < -0.3 is 24.8 Å². The van der Waals surface area contributed by atoms with Gasteiger partial charge in [0.15, 0.2) is 0 Å². The van der Waals surface area contributed by atoms with E-state index in [1.165, 1.54) is 34.4 Å². The molecule has 0 bridgehead atoms. The number of ether oxygens (including phenoxy) is 2. The molecule has 168 valence electrons. The Morgan fingerprint density at radius 2 is 2.00 bits per heavy atom. The van der Waals surface area contributed by atoms with E-state index >= 15 is 0 Å². The van der Waals surface area contributed by atoms with Crippen molar-refractivity contribution in [3.8, 4) is 11.5 Å². The number of rotatable bonds is 6. The molecule has 32 heavy (non-hydrogen) atoms. The smallest absolute Gasteiger partial charge is 0.326 e. The van der Waals surface area contributed by atoms with Gasteiger partial charge in [-0.15, -0.1) is 0 Å². The van der Waals surface area contributed by atoms with E-state index < -0.39 is 40.8 Å². The quantitative estimate of drug-likeness (QED) is 0.345. The molecule has 2 aromatic carbocycles. The molecule has 2 N–H and O–H groups in total. The summed E-state index contributed by atoms with van der Waals surface area (Å²) in [5, 5.41) is 11.9. The van der Waals surface area contributed by atoms with Gasteiger partial charge in [0, 0.05) is 18.5 Å². The average molecular weight is 572 g/mol. The predicted molar refractivity (Wildman–Crippen MR) is 121 cm³/mol. The molecule has 8 nitrogen and oxygen atoms in total.